The Hall–Kier alpha value is -7.36. The summed E-state index contributed by atoms with van der Waals surface area (Å²) in [6.45, 7) is 11.0. The molecule has 0 aliphatic rings. The highest BCUT2D eigenvalue weighted by molar-refractivity contribution is 6.31. The van der Waals surface area contributed by atoms with Gasteiger partial charge in [0.2, 0.25) is 11.6 Å². The number of hydrogen-bond donors (Lipinski definition) is 2. The second-order valence-corrected chi connectivity index (χ2v) is 17.0. The summed E-state index contributed by atoms with van der Waals surface area (Å²) in [7, 11) is 5.03. The van der Waals surface area contributed by atoms with Crippen molar-refractivity contribution < 1.29 is 38.0 Å². The molecule has 2 N–H and O–H groups in total. The van der Waals surface area contributed by atoms with Gasteiger partial charge >= 0.3 is 11.9 Å². The summed E-state index contributed by atoms with van der Waals surface area (Å²) in [5, 5.41) is 26.5. The molecule has 2 heterocycles. The zero-order chi connectivity index (χ0) is 50.5. The molecule has 0 amide bonds. The number of likely N-dealkylation sites (N-methyl/N-ethyl adjacent to an activating group) is 2. The molecule has 13 nitrogen and oxygen atoms in total. The number of nitrogens with zero attached hydrogens (tertiary/aromatic N) is 6. The van der Waals surface area contributed by atoms with Crippen LogP contribution in [0, 0.1) is 26.6 Å². The maximum atomic E-state index is 14.6. The number of carboxylic acid groups (broad SMARTS) is 2. The third-order valence-electron chi connectivity index (χ3n) is 11.2. The third kappa shape index (κ3) is 13.2. The van der Waals surface area contributed by atoms with Gasteiger partial charge in [0.15, 0.2) is 0 Å². The summed E-state index contributed by atoms with van der Waals surface area (Å²) >= 11 is 6.45. The molecule has 0 saturated carbocycles. The Morgan fingerprint density at radius 3 is 1.54 bits per heavy atom. The first-order chi connectivity index (χ1) is 33.7. The molecule has 8 rings (SSSR count). The van der Waals surface area contributed by atoms with Gasteiger partial charge in [-0.3, -0.25) is 19.4 Å². The number of aromatic nitrogens is 4. The van der Waals surface area contributed by atoms with Gasteiger partial charge in [0.05, 0.1) is 19.7 Å². The number of benzene rings is 6. The molecular weight excluding hydrogens is 911 g/mol. The fourth-order valence-corrected chi connectivity index (χ4v) is 8.05. The molecule has 0 aliphatic heterocycles. The van der Waals surface area contributed by atoms with Crippen LogP contribution in [0.1, 0.15) is 47.2 Å². The van der Waals surface area contributed by atoms with Crippen molar-refractivity contribution in [1.82, 2.24) is 30.1 Å². The van der Waals surface area contributed by atoms with Gasteiger partial charge in [0, 0.05) is 53.0 Å². The number of rotatable bonds is 16. The normalized spacial score (nSPS) is 11.0. The average Bonchev–Trinajstić information content (AvgIpc) is 4.04. The topological polar surface area (TPSA) is 168 Å². The summed E-state index contributed by atoms with van der Waals surface area (Å²) in [5.74, 6) is -0.838. The maximum Gasteiger partial charge on any atom is 0.317 e. The Bertz CT molecular complexity index is 3080. The van der Waals surface area contributed by atoms with Gasteiger partial charge in [0.25, 0.3) is 11.8 Å². The lowest BCUT2D eigenvalue weighted by molar-refractivity contribution is -0.139. The number of carbonyl (C=O) groups is 2. The zero-order valence-corrected chi connectivity index (χ0v) is 41.2. The first kappa shape index (κ1) is 52.0. The summed E-state index contributed by atoms with van der Waals surface area (Å²) in [6, 6.07) is 38.6. The lowest BCUT2D eigenvalue weighted by atomic mass is 9.94. The molecule has 6 aromatic carbocycles. The van der Waals surface area contributed by atoms with Crippen molar-refractivity contribution in [3.8, 4) is 67.9 Å². The molecule has 0 saturated heterocycles. The quantitative estimate of drug-likeness (QED) is 0.0939. The zero-order valence-electron chi connectivity index (χ0n) is 40.5. The largest absolute Gasteiger partial charge is 0.480 e. The number of methoxy groups -OCH3 is 1. The summed E-state index contributed by atoms with van der Waals surface area (Å²) < 4.78 is 31.1. The Balaban J connectivity index is 0.000000222. The van der Waals surface area contributed by atoms with E-state index in [2.05, 4.69) is 64.5 Å². The van der Waals surface area contributed by atoms with Crippen LogP contribution >= 0.6 is 11.6 Å². The minimum Gasteiger partial charge on any atom is -0.480 e. The Morgan fingerprint density at radius 2 is 1.04 bits per heavy atom. The summed E-state index contributed by atoms with van der Waals surface area (Å²) in [6.07, 6.45) is 0. The Morgan fingerprint density at radius 1 is 0.586 bits per heavy atom. The van der Waals surface area contributed by atoms with Gasteiger partial charge in [-0.1, -0.05) is 121 Å². The van der Waals surface area contributed by atoms with E-state index in [1.165, 1.54) is 27.7 Å². The minimum atomic E-state index is -0.962. The summed E-state index contributed by atoms with van der Waals surface area (Å²) in [4.78, 5) is 33.9. The van der Waals surface area contributed by atoms with Gasteiger partial charge in [-0.25, -0.2) is 4.39 Å². The standard InChI is InChI=1S/C27H26ClN3O4.C26H24FN3O3.C2H6/c1-17-6-4-5-7-22(17)23-11-10-19(12-21(23)16-34-3)27-29-26(30-35-27)18-8-9-20(24(28)13-18)14-31(2)15-25(32)33;1-16-6-4-5-7-21(16)22-11-10-19(12-17(22)2)26-28-25(29-33-26)18-8-9-20(23(27)13-18)14-30(3)15-24(31)32;1-2/h4-13H,14-16H2,1-3H3,(H,32,33);4-13H,14-15H2,1-3H3,(H,31,32);1-2H3. The predicted molar refractivity (Wildman–Crippen MR) is 270 cm³/mol. The van der Waals surface area contributed by atoms with Crippen LogP contribution in [0.3, 0.4) is 0 Å². The van der Waals surface area contributed by atoms with E-state index in [9.17, 15) is 14.0 Å². The molecule has 362 valence electrons. The average molecular weight is 968 g/mol. The lowest BCUT2D eigenvalue weighted by Crippen LogP contribution is -2.25. The van der Waals surface area contributed by atoms with Crippen molar-refractivity contribution >= 4 is 23.5 Å². The van der Waals surface area contributed by atoms with Crippen molar-refractivity contribution in [1.29, 1.82) is 0 Å². The number of aliphatic carboxylic acids is 2. The molecule has 0 spiro atoms. The molecule has 0 unspecified atom stereocenters. The fourth-order valence-electron chi connectivity index (χ4n) is 7.81. The molecule has 0 atom stereocenters. The van der Waals surface area contributed by atoms with E-state index in [0.717, 1.165) is 44.5 Å². The molecule has 0 radical (unpaired) electrons. The monoisotopic (exact) mass is 966 g/mol. The number of hydrogen-bond acceptors (Lipinski definition) is 11. The van der Waals surface area contributed by atoms with Crippen LogP contribution in [0.4, 0.5) is 4.39 Å². The van der Waals surface area contributed by atoms with Crippen molar-refractivity contribution in [2.24, 2.45) is 0 Å². The van der Waals surface area contributed by atoms with Crippen molar-refractivity contribution in [2.75, 3.05) is 34.3 Å². The van der Waals surface area contributed by atoms with E-state index in [4.69, 9.17) is 35.6 Å². The number of halogens is 2. The second-order valence-electron chi connectivity index (χ2n) is 16.6. The highest BCUT2D eigenvalue weighted by Gasteiger charge is 2.18. The molecule has 2 aromatic heterocycles. The van der Waals surface area contributed by atoms with Crippen LogP contribution in [-0.2, 0) is 34.0 Å². The van der Waals surface area contributed by atoms with E-state index < -0.39 is 17.8 Å². The predicted octanol–water partition coefficient (Wildman–Crippen LogP) is 12.1. The molecule has 0 bridgehead atoms. The van der Waals surface area contributed by atoms with Crippen molar-refractivity contribution in [3.05, 3.63) is 166 Å². The SMILES string of the molecule is CC.COCc1cc(-c2nc(-c3ccc(CN(C)CC(=O)O)c(Cl)c3)no2)ccc1-c1ccccc1C.Cc1ccccc1-c1ccc(-c2nc(-c3ccc(CN(C)CC(=O)O)c(F)c3)no2)cc1C. The van der Waals surface area contributed by atoms with Gasteiger partial charge in [-0.05, 0) is 121 Å². The second kappa shape index (κ2) is 24.3. The van der Waals surface area contributed by atoms with Crippen LogP contribution in [0.5, 0.6) is 0 Å². The minimum absolute atomic E-state index is 0.0695. The van der Waals surface area contributed by atoms with Crippen molar-refractivity contribution in [3.63, 3.8) is 0 Å². The highest BCUT2D eigenvalue weighted by Crippen LogP contribution is 2.34. The third-order valence-corrected chi connectivity index (χ3v) is 11.5. The highest BCUT2D eigenvalue weighted by atomic mass is 35.5. The molecule has 8 aromatic rings. The van der Waals surface area contributed by atoms with Gasteiger partial charge in [0.1, 0.15) is 5.82 Å². The first-order valence-electron chi connectivity index (χ1n) is 22.6. The molecule has 0 fully saturated rings. The number of ether oxygens (including phenoxy) is 1. The van der Waals surface area contributed by atoms with E-state index in [1.54, 1.807) is 44.3 Å². The van der Waals surface area contributed by atoms with Crippen LogP contribution < -0.4 is 0 Å². The van der Waals surface area contributed by atoms with Crippen LogP contribution in [0.25, 0.3) is 67.9 Å². The fraction of sp³-hybridized carbons (Fsp3) is 0.236. The van der Waals surface area contributed by atoms with Gasteiger partial charge in [-0.2, -0.15) is 9.97 Å². The molecule has 0 aliphatic carbocycles. The Kier molecular flexibility index (Phi) is 18.0. The van der Waals surface area contributed by atoms with Crippen LogP contribution in [0.2, 0.25) is 5.02 Å². The number of carboxylic acids is 2. The lowest BCUT2D eigenvalue weighted by Gasteiger charge is -2.15. The number of aryl methyl sites for hydroxylation is 3. The summed E-state index contributed by atoms with van der Waals surface area (Å²) in [5.41, 5.74) is 13.1. The van der Waals surface area contributed by atoms with Crippen molar-refractivity contribution in [2.45, 2.75) is 54.3 Å². The molecular formula is C55H56ClFN6O7. The first-order valence-corrected chi connectivity index (χ1v) is 23.0. The van der Waals surface area contributed by atoms with E-state index in [1.807, 2.05) is 87.5 Å². The van der Waals surface area contributed by atoms with E-state index in [-0.39, 0.29) is 25.5 Å². The van der Waals surface area contributed by atoms with E-state index in [0.29, 0.717) is 52.5 Å². The van der Waals surface area contributed by atoms with E-state index >= 15 is 0 Å². The Labute approximate surface area is 412 Å². The van der Waals surface area contributed by atoms with Crippen LogP contribution in [0.15, 0.2) is 130 Å². The van der Waals surface area contributed by atoms with Gasteiger partial charge in [-0.15, -0.1) is 0 Å². The maximum absolute atomic E-state index is 14.6. The molecule has 70 heavy (non-hydrogen) atoms. The molecule has 15 heteroatoms. The smallest absolute Gasteiger partial charge is 0.317 e. The van der Waals surface area contributed by atoms with Crippen LogP contribution in [-0.4, -0.2) is 86.5 Å². The van der Waals surface area contributed by atoms with Gasteiger partial charge < -0.3 is 24.0 Å².